The van der Waals surface area contributed by atoms with Crippen LogP contribution in [0.4, 0.5) is 5.69 Å². The number of nitro benzene ring substituents is 1. The summed E-state index contributed by atoms with van der Waals surface area (Å²) in [6, 6.07) is 4.55. The van der Waals surface area contributed by atoms with E-state index in [0.717, 1.165) is 0 Å². The lowest BCUT2D eigenvalue weighted by molar-refractivity contribution is -0.541. The molecule has 38 heavy (non-hydrogen) atoms. The second-order valence-electron chi connectivity index (χ2n) is 10.1. The van der Waals surface area contributed by atoms with Gasteiger partial charge in [0.05, 0.1) is 18.0 Å². The van der Waals surface area contributed by atoms with E-state index in [2.05, 4.69) is 4.90 Å². The Kier molecular flexibility index (Phi) is 8.29. The van der Waals surface area contributed by atoms with Crippen molar-refractivity contribution >= 4 is 29.4 Å². The predicted octanol–water partition coefficient (Wildman–Crippen LogP) is -1.41. The molecule has 0 aliphatic carbocycles. The number of hydrogen-bond acceptors (Lipinski definition) is 6. The topological polar surface area (TPSA) is 195 Å². The lowest BCUT2D eigenvalue weighted by atomic mass is 9.95. The second-order valence-corrected chi connectivity index (χ2v) is 10.1. The first-order valence-electron chi connectivity index (χ1n) is 12.9. The number of amides is 2. The van der Waals surface area contributed by atoms with Gasteiger partial charge >= 0.3 is 5.96 Å². The number of nitrogens with two attached hydrogens (primary N) is 3. The van der Waals surface area contributed by atoms with Crippen LogP contribution in [0.2, 0.25) is 0 Å². The van der Waals surface area contributed by atoms with E-state index in [-0.39, 0.29) is 40.9 Å². The summed E-state index contributed by atoms with van der Waals surface area (Å²) in [6.45, 7) is 5.91. The van der Waals surface area contributed by atoms with Gasteiger partial charge in [-0.15, -0.1) is 0 Å². The van der Waals surface area contributed by atoms with Crippen molar-refractivity contribution in [2.75, 3.05) is 65.4 Å². The Bertz CT molecular complexity index is 1110. The van der Waals surface area contributed by atoms with E-state index >= 15 is 0 Å². The number of guanidine groups is 2. The average molecular weight is 530 g/mol. The van der Waals surface area contributed by atoms with Crippen molar-refractivity contribution in [3.05, 3.63) is 39.4 Å². The normalized spacial score (nSPS) is 20.8. The van der Waals surface area contributed by atoms with Crippen LogP contribution in [0.5, 0.6) is 0 Å². The summed E-state index contributed by atoms with van der Waals surface area (Å²) in [5.74, 6) is 0.0587. The molecular formula is C24H37N10O4+. The number of piperazine rings is 2. The molecule has 1 aromatic rings. The summed E-state index contributed by atoms with van der Waals surface area (Å²) in [6.07, 6.45) is 1.38. The second kappa shape index (κ2) is 11.6. The van der Waals surface area contributed by atoms with E-state index in [1.807, 2.05) is 4.58 Å². The molecule has 7 N–H and O–H groups in total. The fourth-order valence-corrected chi connectivity index (χ4v) is 5.35. The third kappa shape index (κ3) is 6.30. The zero-order valence-corrected chi connectivity index (χ0v) is 21.6. The Balaban J connectivity index is 1.36. The van der Waals surface area contributed by atoms with Gasteiger partial charge in [0.2, 0.25) is 5.91 Å². The van der Waals surface area contributed by atoms with Gasteiger partial charge in [-0.2, -0.15) is 0 Å². The molecule has 14 nitrogen and oxygen atoms in total. The Morgan fingerprint density at radius 2 is 1.50 bits per heavy atom. The van der Waals surface area contributed by atoms with Crippen LogP contribution in [0.3, 0.4) is 0 Å². The molecule has 3 saturated heterocycles. The van der Waals surface area contributed by atoms with E-state index in [9.17, 15) is 19.7 Å². The highest BCUT2D eigenvalue weighted by Crippen LogP contribution is 2.23. The zero-order valence-electron chi connectivity index (χ0n) is 21.6. The monoisotopic (exact) mass is 529 g/mol. The molecule has 14 heteroatoms. The number of carbonyl (C=O) groups excluding carboxylic acids is 2. The molecule has 0 radical (unpaired) electrons. The highest BCUT2D eigenvalue weighted by Gasteiger charge is 2.32. The van der Waals surface area contributed by atoms with E-state index in [1.165, 1.54) is 12.1 Å². The van der Waals surface area contributed by atoms with Crippen LogP contribution < -0.4 is 17.2 Å². The molecule has 2 amide bonds. The van der Waals surface area contributed by atoms with Gasteiger partial charge in [0, 0.05) is 82.5 Å². The van der Waals surface area contributed by atoms with Crippen LogP contribution >= 0.6 is 0 Å². The van der Waals surface area contributed by atoms with E-state index in [1.54, 1.807) is 20.8 Å². The zero-order chi connectivity index (χ0) is 27.4. The minimum atomic E-state index is -0.480. The molecule has 0 unspecified atom stereocenters. The van der Waals surface area contributed by atoms with Crippen LogP contribution in [0.1, 0.15) is 28.8 Å². The number of non-ortho nitro benzene ring substituents is 1. The van der Waals surface area contributed by atoms with Crippen molar-refractivity contribution in [2.45, 2.75) is 19.4 Å². The van der Waals surface area contributed by atoms with Gasteiger partial charge in [0.25, 0.3) is 11.6 Å². The molecule has 0 saturated carbocycles. The quantitative estimate of drug-likeness (QED) is 0.116. The van der Waals surface area contributed by atoms with Crippen molar-refractivity contribution < 1.29 is 19.1 Å². The molecule has 1 aromatic carbocycles. The van der Waals surface area contributed by atoms with Gasteiger partial charge in [-0.1, -0.05) is 0 Å². The SMILES string of the molecule is N=C(N)N1CCN(Cc2cc(C(=O)N3CCN(C(=O)C4CC[N+](=C(N)N)CC4)CC3)cc([N+](=O)[O-])c2)CC1. The largest absolute Gasteiger partial charge is 0.370 e. The summed E-state index contributed by atoms with van der Waals surface area (Å²) >= 11 is 0. The molecule has 0 spiro atoms. The summed E-state index contributed by atoms with van der Waals surface area (Å²) in [7, 11) is 0. The van der Waals surface area contributed by atoms with Gasteiger partial charge in [0.1, 0.15) is 0 Å². The number of nitro groups is 1. The summed E-state index contributed by atoms with van der Waals surface area (Å²) in [5, 5.41) is 19.2. The molecule has 0 bridgehead atoms. The van der Waals surface area contributed by atoms with Gasteiger partial charge in [0.15, 0.2) is 5.96 Å². The van der Waals surface area contributed by atoms with Gasteiger partial charge in [-0.25, -0.2) is 0 Å². The minimum absolute atomic E-state index is 0.0375. The summed E-state index contributed by atoms with van der Waals surface area (Å²) in [4.78, 5) is 44.8. The molecule has 3 heterocycles. The van der Waals surface area contributed by atoms with Crippen LogP contribution in [0, 0.1) is 21.4 Å². The molecule has 3 aliphatic heterocycles. The fourth-order valence-electron chi connectivity index (χ4n) is 5.35. The first kappa shape index (κ1) is 27.1. The molecule has 0 aromatic heterocycles. The molecule has 3 aliphatic rings. The molecule has 206 valence electrons. The third-order valence-electron chi connectivity index (χ3n) is 7.64. The number of piperidine rings is 1. The van der Waals surface area contributed by atoms with E-state index in [0.29, 0.717) is 90.4 Å². The molecular weight excluding hydrogens is 492 g/mol. The molecule has 0 atom stereocenters. The highest BCUT2D eigenvalue weighted by molar-refractivity contribution is 5.95. The number of nitrogens with zero attached hydrogens (tertiary/aromatic N) is 6. The van der Waals surface area contributed by atoms with Crippen molar-refractivity contribution in [1.82, 2.24) is 19.6 Å². The Labute approximate surface area is 221 Å². The molecule has 3 fully saturated rings. The Hall–Kier alpha value is -3.94. The van der Waals surface area contributed by atoms with Crippen LogP contribution in [-0.2, 0) is 11.3 Å². The predicted molar refractivity (Wildman–Crippen MR) is 140 cm³/mol. The Morgan fingerprint density at radius 1 is 0.921 bits per heavy atom. The first-order chi connectivity index (χ1) is 18.1. The smallest absolute Gasteiger partial charge is 0.341 e. The van der Waals surface area contributed by atoms with Crippen molar-refractivity contribution in [3.8, 4) is 0 Å². The Morgan fingerprint density at radius 3 is 2.05 bits per heavy atom. The van der Waals surface area contributed by atoms with E-state index in [4.69, 9.17) is 22.6 Å². The maximum absolute atomic E-state index is 13.3. The fraction of sp³-hybridized carbons (Fsp3) is 0.583. The van der Waals surface area contributed by atoms with Gasteiger partial charge < -0.3 is 20.4 Å². The minimum Gasteiger partial charge on any atom is -0.370 e. The van der Waals surface area contributed by atoms with Crippen LogP contribution in [0.15, 0.2) is 18.2 Å². The van der Waals surface area contributed by atoms with Gasteiger partial charge in [-0.05, 0) is 24.5 Å². The van der Waals surface area contributed by atoms with Crippen LogP contribution in [-0.4, -0.2) is 118 Å². The lowest BCUT2D eigenvalue weighted by Gasteiger charge is -2.37. The molecule has 4 rings (SSSR count). The van der Waals surface area contributed by atoms with E-state index < -0.39 is 4.92 Å². The van der Waals surface area contributed by atoms with Crippen LogP contribution in [0.25, 0.3) is 0 Å². The van der Waals surface area contributed by atoms with Crippen molar-refractivity contribution in [3.63, 3.8) is 0 Å². The van der Waals surface area contributed by atoms with Crippen molar-refractivity contribution in [1.29, 1.82) is 5.41 Å². The number of hydrogen-bond donors (Lipinski definition) is 4. The summed E-state index contributed by atoms with van der Waals surface area (Å²) < 4.78 is 1.87. The average Bonchev–Trinajstić information content (AvgIpc) is 2.92. The maximum atomic E-state index is 13.3. The first-order valence-corrected chi connectivity index (χ1v) is 12.9. The number of benzene rings is 1. The lowest BCUT2D eigenvalue weighted by Crippen LogP contribution is -2.53. The third-order valence-corrected chi connectivity index (χ3v) is 7.64. The standard InChI is InChI=1S/C24H36N10O4/c25-23(26)32-3-1-18(2-4-32)21(35)30-9-11-31(12-10-30)22(36)19-13-17(14-20(15-19)34(37)38)16-29-5-7-33(8-6-29)24(27)28/h13-15,18H,1-12,16H2,(H6,25,26,27,28)/p+1. The number of rotatable bonds is 5. The van der Waals surface area contributed by atoms with Gasteiger partial charge in [-0.3, -0.25) is 46.1 Å². The highest BCUT2D eigenvalue weighted by atomic mass is 16.6. The van der Waals surface area contributed by atoms with Crippen molar-refractivity contribution in [2.24, 2.45) is 23.1 Å². The number of nitrogens with one attached hydrogen (secondary N) is 1. The maximum Gasteiger partial charge on any atom is 0.341 e. The summed E-state index contributed by atoms with van der Waals surface area (Å²) in [5.41, 5.74) is 17.7. The number of carbonyl (C=O) groups is 2.